The van der Waals surface area contributed by atoms with E-state index in [1.165, 1.54) is 0 Å². The number of carbonyl (C=O) groups is 3. The Morgan fingerprint density at radius 2 is 1.27 bits per heavy atom. The fourth-order valence-electron chi connectivity index (χ4n) is 1.33. The first-order valence-electron chi connectivity index (χ1n) is 7.07. The van der Waals surface area contributed by atoms with Crippen molar-refractivity contribution in [3.63, 3.8) is 0 Å². The van der Waals surface area contributed by atoms with E-state index < -0.39 is 48.4 Å². The monoisotopic (exact) mass is 384 g/mol. The van der Waals surface area contributed by atoms with Crippen LogP contribution in [0.25, 0.3) is 0 Å². The molecule has 14 nitrogen and oxygen atoms in total. The molecule has 13 N–H and O–H groups in total. The number of aliphatic hydroxyl groups is 4. The SMILES string of the molecule is N=C(N)NCCCC(N)C(=O)O.O=C(O)[C@@H](O)[C@@H](O)[C@H](O)[C@@H](O)C(=O)O. The summed E-state index contributed by atoms with van der Waals surface area (Å²) in [5.74, 6) is -4.79. The van der Waals surface area contributed by atoms with Crippen molar-refractivity contribution in [2.24, 2.45) is 11.5 Å². The first kappa shape index (κ1) is 25.7. The van der Waals surface area contributed by atoms with Gasteiger partial charge in [-0.3, -0.25) is 10.2 Å². The van der Waals surface area contributed by atoms with Gasteiger partial charge in [0.05, 0.1) is 0 Å². The maximum Gasteiger partial charge on any atom is 0.335 e. The predicted octanol–water partition coefficient (Wildman–Crippen LogP) is -4.74. The summed E-state index contributed by atoms with van der Waals surface area (Å²) >= 11 is 0. The van der Waals surface area contributed by atoms with Crippen LogP contribution < -0.4 is 16.8 Å². The Morgan fingerprint density at radius 3 is 1.54 bits per heavy atom. The highest BCUT2D eigenvalue weighted by Gasteiger charge is 2.37. The molecule has 0 aromatic rings. The fourth-order valence-corrected chi connectivity index (χ4v) is 1.33. The number of rotatable bonds is 10. The first-order valence-corrected chi connectivity index (χ1v) is 7.07. The second-order valence-corrected chi connectivity index (χ2v) is 4.97. The van der Waals surface area contributed by atoms with Gasteiger partial charge in [-0.15, -0.1) is 0 Å². The second kappa shape index (κ2) is 12.8. The molecule has 0 bridgehead atoms. The topological polar surface area (TPSA) is 281 Å². The number of aliphatic carboxylic acids is 3. The highest BCUT2D eigenvalue weighted by molar-refractivity contribution is 5.75. The van der Waals surface area contributed by atoms with Crippen LogP contribution in [-0.4, -0.2) is 96.6 Å². The second-order valence-electron chi connectivity index (χ2n) is 4.97. The molecule has 0 aromatic carbocycles. The summed E-state index contributed by atoms with van der Waals surface area (Å²) in [5, 5.41) is 69.2. The van der Waals surface area contributed by atoms with E-state index in [1.54, 1.807) is 0 Å². The van der Waals surface area contributed by atoms with Gasteiger partial charge in [0, 0.05) is 6.54 Å². The normalized spacial score (nSPS) is 16.0. The van der Waals surface area contributed by atoms with Crippen molar-refractivity contribution in [1.82, 2.24) is 5.32 Å². The molecule has 0 heterocycles. The van der Waals surface area contributed by atoms with Crippen molar-refractivity contribution >= 4 is 23.9 Å². The van der Waals surface area contributed by atoms with Gasteiger partial charge in [0.2, 0.25) is 0 Å². The lowest BCUT2D eigenvalue weighted by atomic mass is 10.0. The van der Waals surface area contributed by atoms with Gasteiger partial charge in [0.25, 0.3) is 0 Å². The van der Waals surface area contributed by atoms with Crippen LogP contribution >= 0.6 is 0 Å². The van der Waals surface area contributed by atoms with Crippen LogP contribution in [-0.2, 0) is 14.4 Å². The highest BCUT2D eigenvalue weighted by Crippen LogP contribution is 2.05. The van der Waals surface area contributed by atoms with Crippen LogP contribution in [0.3, 0.4) is 0 Å². The molecule has 0 saturated heterocycles. The lowest BCUT2D eigenvalue weighted by Crippen LogP contribution is -2.49. The van der Waals surface area contributed by atoms with E-state index >= 15 is 0 Å². The Hall–Kier alpha value is -2.52. The van der Waals surface area contributed by atoms with E-state index in [0.29, 0.717) is 19.4 Å². The van der Waals surface area contributed by atoms with Crippen LogP contribution in [0, 0.1) is 5.41 Å². The quantitative estimate of drug-likeness (QED) is 0.0959. The molecule has 0 rings (SSSR count). The predicted molar refractivity (Wildman–Crippen MR) is 84.1 cm³/mol. The standard InChI is InChI=1S/C6H14N4O2.C6H10O8/c7-4(5(11)12)2-1-3-10-6(8)9;7-1(3(9)5(11)12)2(8)4(10)6(13)14/h4H,1-3,7H2,(H,11,12)(H4,8,9,10);1-4,7-10H,(H,11,12)(H,13,14)/t;1-,2-,3-,4+/m.0/s1. The summed E-state index contributed by atoms with van der Waals surface area (Å²) in [6.45, 7) is 0.482. The van der Waals surface area contributed by atoms with Crippen LogP contribution in [0.15, 0.2) is 0 Å². The zero-order chi connectivity index (χ0) is 21.0. The average Bonchev–Trinajstić information content (AvgIpc) is 2.55. The van der Waals surface area contributed by atoms with E-state index in [9.17, 15) is 14.4 Å². The molecular formula is C12H24N4O10. The van der Waals surface area contributed by atoms with E-state index in [1.807, 2.05) is 0 Å². The number of aliphatic hydroxyl groups excluding tert-OH is 4. The molecule has 1 unspecified atom stereocenters. The summed E-state index contributed by atoms with van der Waals surface area (Å²) in [7, 11) is 0. The van der Waals surface area contributed by atoms with E-state index in [2.05, 4.69) is 5.32 Å². The Kier molecular flexibility index (Phi) is 12.6. The smallest absolute Gasteiger partial charge is 0.335 e. The summed E-state index contributed by atoms with van der Waals surface area (Å²) in [6, 6.07) is -0.821. The maximum absolute atomic E-state index is 10.2. The Labute approximate surface area is 147 Å². The minimum absolute atomic E-state index is 0.112. The Morgan fingerprint density at radius 1 is 0.885 bits per heavy atom. The molecule has 0 aliphatic heterocycles. The van der Waals surface area contributed by atoms with Gasteiger partial charge in [-0.1, -0.05) is 0 Å². The minimum Gasteiger partial charge on any atom is -0.480 e. The summed E-state index contributed by atoms with van der Waals surface area (Å²) in [5.41, 5.74) is 10.2. The van der Waals surface area contributed by atoms with Crippen molar-refractivity contribution in [2.45, 2.75) is 43.3 Å². The highest BCUT2D eigenvalue weighted by atomic mass is 16.4. The van der Waals surface area contributed by atoms with Gasteiger partial charge in [0.15, 0.2) is 18.2 Å². The molecule has 0 radical (unpaired) electrons. The molecule has 0 aromatic heterocycles. The van der Waals surface area contributed by atoms with Crippen LogP contribution in [0.2, 0.25) is 0 Å². The fraction of sp³-hybridized carbons (Fsp3) is 0.667. The van der Waals surface area contributed by atoms with Crippen molar-refractivity contribution < 1.29 is 50.1 Å². The van der Waals surface area contributed by atoms with Crippen LogP contribution in [0.1, 0.15) is 12.8 Å². The molecule has 0 fully saturated rings. The number of hydrogen-bond acceptors (Lipinski definition) is 9. The third-order valence-electron chi connectivity index (χ3n) is 2.83. The Bertz CT molecular complexity index is 465. The molecule has 0 spiro atoms. The van der Waals surface area contributed by atoms with E-state index in [0.717, 1.165) is 0 Å². The van der Waals surface area contributed by atoms with E-state index in [-0.39, 0.29) is 5.96 Å². The maximum atomic E-state index is 10.2. The van der Waals surface area contributed by atoms with Gasteiger partial charge in [0.1, 0.15) is 18.2 Å². The zero-order valence-corrected chi connectivity index (χ0v) is 13.5. The lowest BCUT2D eigenvalue weighted by Gasteiger charge is -2.21. The van der Waals surface area contributed by atoms with Gasteiger partial charge >= 0.3 is 17.9 Å². The molecule has 0 amide bonds. The number of hydrogen-bond donors (Lipinski definition) is 11. The number of guanidine groups is 1. The number of nitrogens with two attached hydrogens (primary N) is 2. The summed E-state index contributed by atoms with van der Waals surface area (Å²) in [4.78, 5) is 30.4. The number of carboxylic acids is 3. The molecular weight excluding hydrogens is 360 g/mol. The average molecular weight is 384 g/mol. The Balaban J connectivity index is 0. The van der Waals surface area contributed by atoms with Crippen molar-refractivity contribution in [3.8, 4) is 0 Å². The van der Waals surface area contributed by atoms with Gasteiger partial charge in [-0.05, 0) is 12.8 Å². The van der Waals surface area contributed by atoms with Crippen molar-refractivity contribution in [3.05, 3.63) is 0 Å². The number of nitrogens with one attached hydrogen (secondary N) is 2. The van der Waals surface area contributed by atoms with Gasteiger partial charge < -0.3 is 52.5 Å². The van der Waals surface area contributed by atoms with Gasteiger partial charge in [-0.25, -0.2) is 9.59 Å². The molecule has 0 aliphatic rings. The molecule has 0 saturated carbocycles. The van der Waals surface area contributed by atoms with E-state index in [4.69, 9.17) is 52.6 Å². The molecule has 14 heteroatoms. The summed E-state index contributed by atoms with van der Waals surface area (Å²) in [6.07, 6.45) is -8.31. The zero-order valence-electron chi connectivity index (χ0n) is 13.5. The van der Waals surface area contributed by atoms with Crippen LogP contribution in [0.5, 0.6) is 0 Å². The minimum atomic E-state index is -2.36. The molecule has 5 atom stereocenters. The van der Waals surface area contributed by atoms with Crippen LogP contribution in [0.4, 0.5) is 0 Å². The van der Waals surface area contributed by atoms with Crippen molar-refractivity contribution in [2.75, 3.05) is 6.54 Å². The third-order valence-corrected chi connectivity index (χ3v) is 2.83. The lowest BCUT2D eigenvalue weighted by molar-refractivity contribution is -0.172. The molecule has 152 valence electrons. The van der Waals surface area contributed by atoms with Gasteiger partial charge in [-0.2, -0.15) is 0 Å². The number of carboxylic acid groups (broad SMARTS) is 3. The molecule has 0 aliphatic carbocycles. The first-order chi connectivity index (χ1) is 11.8. The largest absolute Gasteiger partial charge is 0.480 e. The summed E-state index contributed by atoms with van der Waals surface area (Å²) < 4.78 is 0. The molecule has 26 heavy (non-hydrogen) atoms. The van der Waals surface area contributed by atoms with Crippen molar-refractivity contribution in [1.29, 1.82) is 5.41 Å². The third kappa shape index (κ3) is 11.1.